The molecule has 1 atom stereocenters. The molecule has 0 aliphatic rings. The van der Waals surface area contributed by atoms with Crippen LogP contribution >= 0.6 is 0 Å². The van der Waals surface area contributed by atoms with E-state index in [4.69, 9.17) is 0 Å². The molecule has 1 aromatic carbocycles. The van der Waals surface area contributed by atoms with Crippen molar-refractivity contribution in [1.82, 2.24) is 9.78 Å². The molecule has 0 spiro atoms. The lowest BCUT2D eigenvalue weighted by atomic mass is 10.1. The van der Waals surface area contributed by atoms with Crippen LogP contribution in [-0.2, 0) is 19.4 Å². The third-order valence-corrected chi connectivity index (χ3v) is 4.00. The van der Waals surface area contributed by atoms with Gasteiger partial charge in [0.25, 0.3) is 0 Å². The number of aromatic nitrogens is 2. The molecule has 0 bridgehead atoms. The fourth-order valence-corrected chi connectivity index (χ4v) is 2.67. The van der Waals surface area contributed by atoms with Crippen molar-refractivity contribution < 1.29 is 5.11 Å². The zero-order valence-corrected chi connectivity index (χ0v) is 12.8. The van der Waals surface area contributed by atoms with E-state index in [0.29, 0.717) is 6.54 Å². The van der Waals surface area contributed by atoms with Gasteiger partial charge in [-0.2, -0.15) is 5.10 Å². The highest BCUT2D eigenvalue weighted by Crippen LogP contribution is 2.19. The molecule has 2 rings (SSSR count). The maximum Gasteiger partial charge on any atom is 0.0985 e. The normalized spacial score (nSPS) is 12.7. The van der Waals surface area contributed by atoms with E-state index in [0.717, 1.165) is 29.8 Å². The molecule has 0 radical (unpaired) electrons. The van der Waals surface area contributed by atoms with Gasteiger partial charge in [-0.05, 0) is 43.4 Å². The summed E-state index contributed by atoms with van der Waals surface area (Å²) in [7, 11) is 0. The fraction of sp³-hybridized carbons (Fsp3) is 0.471. The van der Waals surface area contributed by atoms with Gasteiger partial charge in [0.15, 0.2) is 0 Å². The van der Waals surface area contributed by atoms with Gasteiger partial charge in [0.1, 0.15) is 0 Å². The molecular formula is C17H24N2O. The van der Waals surface area contributed by atoms with Gasteiger partial charge in [-0.15, -0.1) is 0 Å². The summed E-state index contributed by atoms with van der Waals surface area (Å²) in [5, 5.41) is 14.9. The van der Waals surface area contributed by atoms with Crippen LogP contribution in [0.5, 0.6) is 0 Å². The summed E-state index contributed by atoms with van der Waals surface area (Å²) >= 11 is 0. The summed E-state index contributed by atoms with van der Waals surface area (Å²) < 4.78 is 1.92. The highest BCUT2D eigenvalue weighted by Gasteiger charge is 2.14. The summed E-state index contributed by atoms with van der Waals surface area (Å²) in [6.45, 7) is 8.89. The Kier molecular flexibility index (Phi) is 4.61. The number of aliphatic hydroxyl groups is 1. The zero-order valence-electron chi connectivity index (χ0n) is 12.8. The Morgan fingerprint density at radius 1 is 1.10 bits per heavy atom. The van der Waals surface area contributed by atoms with Gasteiger partial charge in [-0.1, -0.05) is 38.1 Å². The number of aryl methyl sites for hydroxylation is 2. The van der Waals surface area contributed by atoms with E-state index >= 15 is 0 Å². The molecule has 0 amide bonds. The summed E-state index contributed by atoms with van der Waals surface area (Å²) in [4.78, 5) is 0. The average Bonchev–Trinajstić information content (AvgIpc) is 2.73. The van der Waals surface area contributed by atoms with Gasteiger partial charge in [0.05, 0.1) is 18.3 Å². The molecular weight excluding hydrogens is 248 g/mol. The molecule has 1 heterocycles. The molecule has 0 aliphatic carbocycles. The first-order chi connectivity index (χ1) is 9.56. The molecule has 1 N–H and O–H groups in total. The third kappa shape index (κ3) is 2.93. The second-order valence-corrected chi connectivity index (χ2v) is 5.30. The van der Waals surface area contributed by atoms with Crippen LogP contribution in [0.1, 0.15) is 48.0 Å². The summed E-state index contributed by atoms with van der Waals surface area (Å²) in [6.07, 6.45) is 1.50. The Morgan fingerprint density at radius 3 is 2.25 bits per heavy atom. The zero-order chi connectivity index (χ0) is 14.7. The predicted octanol–water partition coefficient (Wildman–Crippen LogP) is 3.36. The van der Waals surface area contributed by atoms with Crippen molar-refractivity contribution in [3.8, 4) is 0 Å². The molecule has 1 unspecified atom stereocenters. The highest BCUT2D eigenvalue weighted by atomic mass is 16.3. The lowest BCUT2D eigenvalue weighted by Crippen LogP contribution is -2.11. The van der Waals surface area contributed by atoms with E-state index in [1.807, 2.05) is 23.7 Å². The molecule has 0 saturated heterocycles. The van der Waals surface area contributed by atoms with Gasteiger partial charge < -0.3 is 5.11 Å². The molecule has 0 saturated carbocycles. The number of benzene rings is 1. The van der Waals surface area contributed by atoms with Crippen LogP contribution in [0, 0.1) is 13.8 Å². The Hall–Kier alpha value is -1.61. The monoisotopic (exact) mass is 272 g/mol. The van der Waals surface area contributed by atoms with E-state index < -0.39 is 6.10 Å². The second kappa shape index (κ2) is 6.23. The molecule has 0 fully saturated rings. The summed E-state index contributed by atoms with van der Waals surface area (Å²) in [6, 6.07) is 8.18. The van der Waals surface area contributed by atoms with Gasteiger partial charge in [-0.3, -0.25) is 4.68 Å². The average molecular weight is 272 g/mol. The van der Waals surface area contributed by atoms with Crippen LogP contribution in [0.25, 0.3) is 0 Å². The first kappa shape index (κ1) is 14.8. The highest BCUT2D eigenvalue weighted by molar-refractivity contribution is 5.26. The van der Waals surface area contributed by atoms with Crippen LogP contribution in [0.3, 0.4) is 0 Å². The molecule has 3 heteroatoms. The first-order valence-electron chi connectivity index (χ1n) is 7.36. The number of hydrogen-bond donors (Lipinski definition) is 1. The number of rotatable bonds is 5. The van der Waals surface area contributed by atoms with Gasteiger partial charge in [-0.25, -0.2) is 0 Å². The summed E-state index contributed by atoms with van der Waals surface area (Å²) in [5.41, 5.74) is 5.76. The van der Waals surface area contributed by atoms with Crippen LogP contribution in [0.15, 0.2) is 24.3 Å². The second-order valence-electron chi connectivity index (χ2n) is 5.30. The maximum absolute atomic E-state index is 10.4. The number of hydrogen-bond acceptors (Lipinski definition) is 2. The smallest absolute Gasteiger partial charge is 0.0985 e. The van der Waals surface area contributed by atoms with E-state index in [1.54, 1.807) is 0 Å². The van der Waals surface area contributed by atoms with Crippen molar-refractivity contribution in [3.05, 3.63) is 52.3 Å². The van der Waals surface area contributed by atoms with Crippen molar-refractivity contribution in [1.29, 1.82) is 0 Å². The van der Waals surface area contributed by atoms with Gasteiger partial charge >= 0.3 is 0 Å². The van der Waals surface area contributed by atoms with Crippen LogP contribution in [0.4, 0.5) is 0 Å². The Labute approximate surface area is 121 Å². The van der Waals surface area contributed by atoms with E-state index in [9.17, 15) is 5.11 Å². The number of nitrogens with zero attached hydrogens (tertiary/aromatic N) is 2. The van der Waals surface area contributed by atoms with Crippen molar-refractivity contribution in [3.63, 3.8) is 0 Å². The molecule has 0 aliphatic heterocycles. The lowest BCUT2D eigenvalue weighted by molar-refractivity contribution is 0.150. The van der Waals surface area contributed by atoms with Crippen LogP contribution in [-0.4, -0.2) is 14.9 Å². The van der Waals surface area contributed by atoms with Crippen molar-refractivity contribution in [2.24, 2.45) is 0 Å². The van der Waals surface area contributed by atoms with Crippen LogP contribution < -0.4 is 0 Å². The molecule has 20 heavy (non-hydrogen) atoms. The van der Waals surface area contributed by atoms with Gasteiger partial charge in [0.2, 0.25) is 0 Å². The Balaban J connectivity index is 2.16. The SMILES string of the molecule is CCc1ccc(C(O)Cn2nc(C)c(CC)c2C)cc1. The molecule has 108 valence electrons. The molecule has 3 nitrogen and oxygen atoms in total. The van der Waals surface area contributed by atoms with E-state index in [-0.39, 0.29) is 0 Å². The quantitative estimate of drug-likeness (QED) is 0.906. The fourth-order valence-electron chi connectivity index (χ4n) is 2.67. The maximum atomic E-state index is 10.4. The van der Waals surface area contributed by atoms with E-state index in [1.165, 1.54) is 11.1 Å². The topological polar surface area (TPSA) is 38.0 Å². The van der Waals surface area contributed by atoms with Crippen molar-refractivity contribution in [2.45, 2.75) is 53.2 Å². The Bertz CT molecular complexity index is 569. The minimum Gasteiger partial charge on any atom is -0.386 e. The lowest BCUT2D eigenvalue weighted by Gasteiger charge is -2.13. The van der Waals surface area contributed by atoms with Crippen molar-refractivity contribution >= 4 is 0 Å². The number of aliphatic hydroxyl groups excluding tert-OH is 1. The van der Waals surface area contributed by atoms with Gasteiger partial charge in [0, 0.05) is 5.69 Å². The largest absolute Gasteiger partial charge is 0.386 e. The minimum atomic E-state index is -0.511. The predicted molar refractivity (Wildman–Crippen MR) is 81.9 cm³/mol. The minimum absolute atomic E-state index is 0.511. The first-order valence-corrected chi connectivity index (χ1v) is 7.36. The molecule has 1 aromatic heterocycles. The van der Waals surface area contributed by atoms with Crippen LogP contribution in [0.2, 0.25) is 0 Å². The third-order valence-electron chi connectivity index (χ3n) is 4.00. The summed E-state index contributed by atoms with van der Waals surface area (Å²) in [5.74, 6) is 0. The van der Waals surface area contributed by atoms with Crippen molar-refractivity contribution in [2.75, 3.05) is 0 Å². The standard InChI is InChI=1S/C17H24N2O/c1-5-14-7-9-15(10-8-14)17(20)11-19-13(4)16(6-2)12(3)18-19/h7-10,17,20H,5-6,11H2,1-4H3. The molecule has 2 aromatic rings. The van der Waals surface area contributed by atoms with E-state index in [2.05, 4.69) is 38.0 Å². The Morgan fingerprint density at radius 2 is 1.75 bits per heavy atom.